The molecule has 0 N–H and O–H groups in total. The molecule has 0 bridgehead atoms. The zero-order valence-corrected chi connectivity index (χ0v) is 18.6. The Morgan fingerprint density at radius 2 is 1.91 bits per heavy atom. The molecule has 172 valence electrons. The number of carbonyl (C=O) groups is 2. The molecule has 1 aliphatic heterocycles. The maximum Gasteiger partial charge on any atom is 0.519 e. The molecule has 0 aromatic heterocycles. The lowest BCUT2D eigenvalue weighted by Gasteiger charge is -2.50. The molecule has 0 spiro atoms. The third kappa shape index (κ3) is 3.26. The minimum absolute atomic E-state index is 0.0645. The van der Waals surface area contributed by atoms with Crippen molar-refractivity contribution in [2.45, 2.75) is 43.7 Å². The van der Waals surface area contributed by atoms with Gasteiger partial charge in [-0.15, -0.1) is 0 Å². The van der Waals surface area contributed by atoms with Crippen LogP contribution in [0.4, 0.5) is 10.5 Å². The van der Waals surface area contributed by atoms with Crippen molar-refractivity contribution < 1.29 is 28.7 Å². The van der Waals surface area contributed by atoms with Crippen LogP contribution in [0.1, 0.15) is 30.9 Å². The predicted molar refractivity (Wildman–Crippen MR) is 117 cm³/mol. The topological polar surface area (TPSA) is 108 Å². The van der Waals surface area contributed by atoms with Gasteiger partial charge in [0.15, 0.2) is 23.4 Å². The fraction of sp³-hybridized carbons (Fsp3) is 0.417. The van der Waals surface area contributed by atoms with Crippen LogP contribution in [0.5, 0.6) is 17.2 Å². The number of non-ortho nitro benzene ring substituents is 1. The normalized spacial score (nSPS) is 27.0. The minimum Gasteiger partial charge on any atom is -0.477 e. The van der Waals surface area contributed by atoms with Crippen molar-refractivity contribution in [3.8, 4) is 17.2 Å². The summed E-state index contributed by atoms with van der Waals surface area (Å²) < 4.78 is 16.8. The number of ketones is 1. The van der Waals surface area contributed by atoms with E-state index in [0.717, 1.165) is 24.0 Å². The zero-order chi connectivity index (χ0) is 23.5. The van der Waals surface area contributed by atoms with Crippen molar-refractivity contribution in [2.75, 3.05) is 14.1 Å². The van der Waals surface area contributed by atoms with Crippen molar-refractivity contribution in [2.24, 2.45) is 5.92 Å². The highest BCUT2D eigenvalue weighted by molar-refractivity contribution is 5.89. The molecule has 4 atom stereocenters. The van der Waals surface area contributed by atoms with Crippen LogP contribution in [-0.4, -0.2) is 48.0 Å². The number of nitro benzene ring substituents is 1. The number of nitro groups is 1. The first kappa shape index (κ1) is 21.4. The number of ether oxygens (including phenoxy) is 3. The molecular formula is C24H24N2O7. The first-order valence-electron chi connectivity index (χ1n) is 10.9. The van der Waals surface area contributed by atoms with Gasteiger partial charge in [-0.3, -0.25) is 14.9 Å². The van der Waals surface area contributed by atoms with Gasteiger partial charge in [-0.1, -0.05) is 13.0 Å². The van der Waals surface area contributed by atoms with Crippen LogP contribution in [0.3, 0.4) is 0 Å². The average molecular weight is 452 g/mol. The number of carbonyl (C=O) groups excluding carboxylic acids is 2. The number of likely N-dealkylation sites (N-methyl/N-ethyl adjacent to an activating group) is 1. The Hall–Kier alpha value is -3.46. The monoisotopic (exact) mass is 452 g/mol. The van der Waals surface area contributed by atoms with Crippen LogP contribution in [0, 0.1) is 16.0 Å². The van der Waals surface area contributed by atoms with E-state index in [1.165, 1.54) is 24.3 Å². The Bertz CT molecular complexity index is 1160. The van der Waals surface area contributed by atoms with E-state index < -0.39 is 22.6 Å². The molecule has 1 saturated carbocycles. The van der Waals surface area contributed by atoms with E-state index in [4.69, 9.17) is 14.2 Å². The van der Waals surface area contributed by atoms with Gasteiger partial charge in [-0.25, -0.2) is 4.79 Å². The van der Waals surface area contributed by atoms with E-state index in [1.807, 2.05) is 6.07 Å². The van der Waals surface area contributed by atoms with Crippen LogP contribution in [0.2, 0.25) is 0 Å². The van der Waals surface area contributed by atoms with Gasteiger partial charge in [0, 0.05) is 35.6 Å². The maximum absolute atomic E-state index is 12.8. The molecule has 1 fully saturated rings. The molecule has 1 heterocycles. The zero-order valence-electron chi connectivity index (χ0n) is 18.6. The highest BCUT2D eigenvalue weighted by Gasteiger charge is 2.61. The van der Waals surface area contributed by atoms with Crippen molar-refractivity contribution in [1.29, 1.82) is 0 Å². The summed E-state index contributed by atoms with van der Waals surface area (Å²) in [5.41, 5.74) is 1.44. The van der Waals surface area contributed by atoms with E-state index in [1.54, 1.807) is 6.07 Å². The van der Waals surface area contributed by atoms with Gasteiger partial charge in [-0.05, 0) is 56.6 Å². The number of Topliss-reactive ketones (excluding diaryl/α,β-unsaturated/α-hetero) is 1. The Kier molecular flexibility index (Phi) is 4.89. The first-order chi connectivity index (χ1) is 15.7. The molecule has 0 saturated heterocycles. The Labute approximate surface area is 190 Å². The van der Waals surface area contributed by atoms with Gasteiger partial charge in [0.2, 0.25) is 0 Å². The third-order valence-electron chi connectivity index (χ3n) is 7.29. The van der Waals surface area contributed by atoms with E-state index >= 15 is 0 Å². The number of rotatable bonds is 4. The van der Waals surface area contributed by atoms with E-state index in [-0.39, 0.29) is 34.9 Å². The largest absolute Gasteiger partial charge is 0.519 e. The Morgan fingerprint density at radius 3 is 2.58 bits per heavy atom. The fourth-order valence-electron chi connectivity index (χ4n) is 5.79. The molecule has 3 aliphatic rings. The SMILES string of the molecule is CN(C)[C@@H]1Cc2ccc(OC(=O)Oc3ccc([N+](=O)[O-])cc3)c3c2C2(C)C1CCC(=O)[C@@H]2O3. The summed E-state index contributed by atoms with van der Waals surface area (Å²) >= 11 is 0. The van der Waals surface area contributed by atoms with E-state index in [9.17, 15) is 19.7 Å². The van der Waals surface area contributed by atoms with Gasteiger partial charge in [0.1, 0.15) is 5.75 Å². The number of nitrogens with zero attached hydrogens (tertiary/aromatic N) is 2. The van der Waals surface area contributed by atoms with Crippen LogP contribution in [0.15, 0.2) is 36.4 Å². The van der Waals surface area contributed by atoms with Gasteiger partial charge < -0.3 is 19.1 Å². The second kappa shape index (κ2) is 7.55. The smallest absolute Gasteiger partial charge is 0.477 e. The highest BCUT2D eigenvalue weighted by atomic mass is 16.7. The van der Waals surface area contributed by atoms with E-state index in [0.29, 0.717) is 12.2 Å². The van der Waals surface area contributed by atoms with Crippen molar-refractivity contribution >= 4 is 17.6 Å². The molecule has 9 heteroatoms. The van der Waals surface area contributed by atoms with Crippen LogP contribution < -0.4 is 14.2 Å². The third-order valence-corrected chi connectivity index (χ3v) is 7.29. The number of hydrogen-bond acceptors (Lipinski definition) is 8. The quantitative estimate of drug-likeness (QED) is 0.299. The molecular weight excluding hydrogens is 428 g/mol. The highest BCUT2D eigenvalue weighted by Crippen LogP contribution is 2.59. The van der Waals surface area contributed by atoms with Gasteiger partial charge in [0.25, 0.3) is 5.69 Å². The van der Waals surface area contributed by atoms with Crippen LogP contribution in [0.25, 0.3) is 0 Å². The average Bonchev–Trinajstić information content (AvgIpc) is 3.10. The Morgan fingerprint density at radius 1 is 1.18 bits per heavy atom. The fourth-order valence-corrected chi connectivity index (χ4v) is 5.79. The standard InChI is InChI=1S/C24H24N2O7/c1-24-16-9-10-18(27)22(24)33-21-19(11-4-13(20(21)24)12-17(16)25(2)3)32-23(28)31-15-7-5-14(6-8-15)26(29)30/h4-8,11,16-17,22H,9-10,12H2,1-3H3/t16?,17-,22+,24?/m1/s1. The van der Waals surface area contributed by atoms with E-state index in [2.05, 4.69) is 25.9 Å². The summed E-state index contributed by atoms with van der Waals surface area (Å²) in [5, 5.41) is 10.8. The molecule has 0 amide bonds. The first-order valence-corrected chi connectivity index (χ1v) is 10.9. The lowest BCUT2D eigenvalue weighted by Crippen LogP contribution is -2.59. The summed E-state index contributed by atoms with van der Waals surface area (Å²) in [6.07, 6.45) is 0.492. The summed E-state index contributed by atoms with van der Waals surface area (Å²) in [6, 6.07) is 9.00. The molecule has 2 unspecified atom stereocenters. The van der Waals surface area contributed by atoms with Crippen LogP contribution in [-0.2, 0) is 16.6 Å². The summed E-state index contributed by atoms with van der Waals surface area (Å²) in [7, 11) is 4.12. The second-order valence-corrected chi connectivity index (χ2v) is 9.26. The van der Waals surface area contributed by atoms with Gasteiger partial charge in [0.05, 0.1) is 4.92 Å². The molecule has 5 rings (SSSR count). The predicted octanol–water partition coefficient (Wildman–Crippen LogP) is 3.66. The molecule has 2 aliphatic carbocycles. The number of hydrogen-bond donors (Lipinski definition) is 0. The molecule has 2 aromatic rings. The van der Waals surface area contributed by atoms with Gasteiger partial charge >= 0.3 is 6.16 Å². The summed E-state index contributed by atoms with van der Waals surface area (Å²) in [5.74, 6) is 1.05. The summed E-state index contributed by atoms with van der Waals surface area (Å²) in [4.78, 5) is 37.8. The molecule has 0 radical (unpaired) electrons. The maximum atomic E-state index is 12.8. The Balaban J connectivity index is 1.45. The van der Waals surface area contributed by atoms with Crippen molar-refractivity contribution in [1.82, 2.24) is 4.90 Å². The van der Waals surface area contributed by atoms with Gasteiger partial charge in [-0.2, -0.15) is 0 Å². The lowest BCUT2D eigenvalue weighted by molar-refractivity contribution is -0.384. The van der Waals surface area contributed by atoms with Crippen LogP contribution >= 0.6 is 0 Å². The van der Waals surface area contributed by atoms with Crippen molar-refractivity contribution in [3.05, 3.63) is 57.6 Å². The number of benzene rings is 2. The molecule has 2 aromatic carbocycles. The molecule has 9 nitrogen and oxygen atoms in total. The minimum atomic E-state index is -0.992. The molecule has 33 heavy (non-hydrogen) atoms. The van der Waals surface area contributed by atoms with Crippen molar-refractivity contribution in [3.63, 3.8) is 0 Å². The lowest BCUT2D eigenvalue weighted by atomic mass is 9.55. The second-order valence-electron chi connectivity index (χ2n) is 9.26. The summed E-state index contributed by atoms with van der Waals surface area (Å²) in [6.45, 7) is 2.09.